The van der Waals surface area contributed by atoms with Crippen molar-refractivity contribution in [2.45, 2.75) is 57.9 Å². The van der Waals surface area contributed by atoms with Crippen molar-refractivity contribution in [1.29, 1.82) is 0 Å². The molecule has 0 radical (unpaired) electrons. The third-order valence-corrected chi connectivity index (χ3v) is 5.64. The molecule has 1 atom stereocenters. The number of rotatable bonds is 6. The number of carbonyl (C=O) groups is 1. The molecule has 0 aromatic carbocycles. The number of piperidine rings is 2. The summed E-state index contributed by atoms with van der Waals surface area (Å²) in [7, 11) is 3.31. The lowest BCUT2D eigenvalue weighted by Crippen LogP contribution is -2.47. The van der Waals surface area contributed by atoms with E-state index in [9.17, 15) is 4.79 Å². The minimum Gasteiger partial charge on any atom is -0.469 e. The fraction of sp³-hybridized carbons (Fsp3) is 0.895. The van der Waals surface area contributed by atoms with Gasteiger partial charge in [0.2, 0.25) is 0 Å². The minimum absolute atomic E-state index is 0. The monoisotopic (exact) mass is 480 g/mol. The number of methoxy groups -OCH3 is 1. The van der Waals surface area contributed by atoms with Crippen LogP contribution in [0.25, 0.3) is 0 Å². The molecule has 0 amide bonds. The Bertz CT molecular complexity index is 439. The molecule has 2 heterocycles. The van der Waals surface area contributed by atoms with Gasteiger partial charge in [-0.25, -0.2) is 0 Å². The van der Waals surface area contributed by atoms with E-state index in [4.69, 9.17) is 4.74 Å². The average molecular weight is 480 g/mol. The topological polar surface area (TPSA) is 57.2 Å². The van der Waals surface area contributed by atoms with Gasteiger partial charge in [-0.1, -0.05) is 6.42 Å². The van der Waals surface area contributed by atoms with Crippen molar-refractivity contribution in [3.8, 4) is 0 Å². The molecule has 0 spiro atoms. The van der Waals surface area contributed by atoms with E-state index in [1.807, 2.05) is 7.05 Å². The Balaban J connectivity index is 0.00000338. The molecule has 2 aliphatic heterocycles. The van der Waals surface area contributed by atoms with Gasteiger partial charge in [0.15, 0.2) is 5.96 Å². The van der Waals surface area contributed by atoms with E-state index in [2.05, 4.69) is 27.0 Å². The number of carbonyl (C=O) groups excluding carboxylic acids is 1. The number of aliphatic imine (C=N–C) groups is 1. The van der Waals surface area contributed by atoms with Gasteiger partial charge in [0.25, 0.3) is 0 Å². The smallest absolute Gasteiger partial charge is 0.308 e. The summed E-state index contributed by atoms with van der Waals surface area (Å²) >= 11 is 0. The van der Waals surface area contributed by atoms with Crippen molar-refractivity contribution in [2.75, 3.05) is 46.9 Å². The summed E-state index contributed by atoms with van der Waals surface area (Å²) in [5, 5.41) is 3.49. The molecule has 152 valence electrons. The normalized spacial score (nSPS) is 22.7. The summed E-state index contributed by atoms with van der Waals surface area (Å²) in [6.07, 6.45) is 8.20. The van der Waals surface area contributed by atoms with E-state index in [1.54, 1.807) is 0 Å². The molecule has 2 saturated heterocycles. The fourth-order valence-corrected chi connectivity index (χ4v) is 3.96. The van der Waals surface area contributed by atoms with E-state index < -0.39 is 0 Å². The SMILES string of the molecule is CN=C(NCCCCN1CCCCC1C)N1CCC(C(=O)OC)CC1.I. The summed E-state index contributed by atoms with van der Waals surface area (Å²) in [6.45, 7) is 7.54. The van der Waals surface area contributed by atoms with Crippen LogP contribution in [0.1, 0.15) is 51.9 Å². The highest BCUT2D eigenvalue weighted by atomic mass is 127. The Morgan fingerprint density at radius 3 is 2.50 bits per heavy atom. The van der Waals surface area contributed by atoms with Crippen molar-refractivity contribution < 1.29 is 9.53 Å². The van der Waals surface area contributed by atoms with Gasteiger partial charge in [-0.3, -0.25) is 9.79 Å². The van der Waals surface area contributed by atoms with Crippen LogP contribution in [0.15, 0.2) is 4.99 Å². The van der Waals surface area contributed by atoms with Crippen molar-refractivity contribution >= 4 is 35.9 Å². The second kappa shape index (κ2) is 12.8. The lowest BCUT2D eigenvalue weighted by molar-refractivity contribution is -0.146. The Morgan fingerprint density at radius 1 is 1.15 bits per heavy atom. The van der Waals surface area contributed by atoms with Crippen molar-refractivity contribution in [1.82, 2.24) is 15.1 Å². The van der Waals surface area contributed by atoms with Gasteiger partial charge >= 0.3 is 5.97 Å². The molecule has 0 aliphatic carbocycles. The average Bonchev–Trinajstić information content (AvgIpc) is 2.65. The highest BCUT2D eigenvalue weighted by molar-refractivity contribution is 14.0. The highest BCUT2D eigenvalue weighted by Gasteiger charge is 2.26. The molecule has 2 rings (SSSR count). The van der Waals surface area contributed by atoms with Crippen LogP contribution < -0.4 is 5.32 Å². The Kier molecular flexibility index (Phi) is 11.5. The number of unbranched alkanes of at least 4 members (excludes halogenated alkanes) is 1. The number of guanidine groups is 1. The summed E-state index contributed by atoms with van der Waals surface area (Å²) < 4.78 is 4.85. The molecule has 0 aromatic heterocycles. The maximum Gasteiger partial charge on any atom is 0.308 e. The first kappa shape index (κ1) is 23.5. The van der Waals surface area contributed by atoms with Gasteiger partial charge in [0, 0.05) is 32.7 Å². The molecule has 6 nitrogen and oxygen atoms in total. The van der Waals surface area contributed by atoms with Crippen molar-refractivity contribution in [2.24, 2.45) is 10.9 Å². The second-order valence-electron chi connectivity index (χ2n) is 7.35. The fourth-order valence-electron chi connectivity index (χ4n) is 3.96. The second-order valence-corrected chi connectivity index (χ2v) is 7.35. The van der Waals surface area contributed by atoms with Crippen LogP contribution in [-0.2, 0) is 9.53 Å². The number of nitrogens with zero attached hydrogens (tertiary/aromatic N) is 3. The molecule has 0 bridgehead atoms. The molecular formula is C19H37IN4O2. The molecule has 1 N–H and O–H groups in total. The lowest BCUT2D eigenvalue weighted by Gasteiger charge is -2.34. The van der Waals surface area contributed by atoms with Crippen molar-refractivity contribution in [3.63, 3.8) is 0 Å². The predicted octanol–water partition coefficient (Wildman–Crippen LogP) is 2.72. The first-order chi connectivity index (χ1) is 12.2. The zero-order valence-corrected chi connectivity index (χ0v) is 19.0. The summed E-state index contributed by atoms with van der Waals surface area (Å²) in [4.78, 5) is 20.9. The number of halogens is 1. The number of hydrogen-bond donors (Lipinski definition) is 1. The van der Waals surface area contributed by atoms with E-state index >= 15 is 0 Å². The number of esters is 1. The third kappa shape index (κ3) is 7.21. The summed E-state index contributed by atoms with van der Waals surface area (Å²) in [6, 6.07) is 0.755. The number of ether oxygens (including phenoxy) is 1. The largest absolute Gasteiger partial charge is 0.469 e. The number of nitrogens with one attached hydrogen (secondary N) is 1. The van der Waals surface area contributed by atoms with Crippen LogP contribution in [0.5, 0.6) is 0 Å². The predicted molar refractivity (Wildman–Crippen MR) is 117 cm³/mol. The summed E-state index contributed by atoms with van der Waals surface area (Å²) in [5.41, 5.74) is 0. The first-order valence-corrected chi connectivity index (χ1v) is 9.93. The molecule has 0 aromatic rings. The van der Waals surface area contributed by atoms with Gasteiger partial charge in [-0.15, -0.1) is 24.0 Å². The van der Waals surface area contributed by atoms with Gasteiger partial charge in [-0.2, -0.15) is 0 Å². The number of hydrogen-bond acceptors (Lipinski definition) is 4. The van der Waals surface area contributed by atoms with Crippen LogP contribution in [0, 0.1) is 5.92 Å². The zero-order chi connectivity index (χ0) is 18.1. The minimum atomic E-state index is -0.0745. The van der Waals surface area contributed by atoms with Crippen LogP contribution >= 0.6 is 24.0 Å². The lowest BCUT2D eigenvalue weighted by atomic mass is 9.97. The standard InChI is InChI=1S/C19H36N4O2.HI/c1-16-8-4-6-12-22(16)13-7-5-11-21-19(20-2)23-14-9-17(10-15-23)18(24)25-3;/h16-17H,4-15H2,1-3H3,(H,20,21);1H. The Hall–Kier alpha value is -0.570. The van der Waals surface area contributed by atoms with Crippen LogP contribution in [-0.4, -0.2) is 74.7 Å². The highest BCUT2D eigenvalue weighted by Crippen LogP contribution is 2.19. The number of likely N-dealkylation sites (tertiary alicyclic amines) is 2. The molecule has 7 heteroatoms. The van der Waals surface area contributed by atoms with Gasteiger partial charge in [0.05, 0.1) is 13.0 Å². The van der Waals surface area contributed by atoms with Gasteiger partial charge in [-0.05, 0) is 58.5 Å². The molecule has 2 fully saturated rings. The van der Waals surface area contributed by atoms with Crippen LogP contribution in [0.2, 0.25) is 0 Å². The van der Waals surface area contributed by atoms with E-state index in [0.717, 1.165) is 44.5 Å². The quantitative estimate of drug-likeness (QED) is 0.208. The summed E-state index contributed by atoms with van der Waals surface area (Å²) in [5.74, 6) is 0.940. The van der Waals surface area contributed by atoms with Crippen LogP contribution in [0.4, 0.5) is 0 Å². The molecule has 1 unspecified atom stereocenters. The zero-order valence-electron chi connectivity index (χ0n) is 16.7. The Morgan fingerprint density at radius 2 is 1.88 bits per heavy atom. The third-order valence-electron chi connectivity index (χ3n) is 5.64. The van der Waals surface area contributed by atoms with E-state index in [0.29, 0.717) is 0 Å². The molecule has 0 saturated carbocycles. The molecule has 26 heavy (non-hydrogen) atoms. The van der Waals surface area contributed by atoms with E-state index in [1.165, 1.54) is 52.3 Å². The van der Waals surface area contributed by atoms with Crippen LogP contribution in [0.3, 0.4) is 0 Å². The van der Waals surface area contributed by atoms with Gasteiger partial charge < -0.3 is 19.9 Å². The molecular weight excluding hydrogens is 443 g/mol. The maximum atomic E-state index is 11.6. The Labute approximate surface area is 176 Å². The van der Waals surface area contributed by atoms with Gasteiger partial charge in [0.1, 0.15) is 0 Å². The van der Waals surface area contributed by atoms with Crippen molar-refractivity contribution in [3.05, 3.63) is 0 Å². The van der Waals surface area contributed by atoms with E-state index in [-0.39, 0.29) is 35.9 Å². The maximum absolute atomic E-state index is 11.6. The molecule has 2 aliphatic rings. The first-order valence-electron chi connectivity index (χ1n) is 9.93.